The van der Waals surface area contributed by atoms with Gasteiger partial charge in [-0.05, 0) is 86.4 Å². The summed E-state index contributed by atoms with van der Waals surface area (Å²) in [6, 6.07) is 0. The lowest BCUT2D eigenvalue weighted by atomic mass is 9.45. The van der Waals surface area contributed by atoms with Crippen molar-refractivity contribution in [2.45, 2.75) is 78.7 Å². The van der Waals surface area contributed by atoms with E-state index in [4.69, 9.17) is 0 Å². The van der Waals surface area contributed by atoms with Crippen LogP contribution in [0.2, 0.25) is 0 Å². The first kappa shape index (κ1) is 16.8. The van der Waals surface area contributed by atoms with Gasteiger partial charge in [-0.1, -0.05) is 32.4 Å². The van der Waals surface area contributed by atoms with Gasteiger partial charge in [0.25, 0.3) is 0 Å². The number of carbonyl (C=O) groups excluding carboxylic acids is 1. The number of carbonyl (C=O) groups is 1. The second kappa shape index (κ2) is 5.43. The maximum absolute atomic E-state index is 12.2. The molecule has 2 heteroatoms. The van der Waals surface area contributed by atoms with Gasteiger partial charge in [0.1, 0.15) is 5.78 Å². The van der Waals surface area contributed by atoms with Gasteiger partial charge in [0.05, 0.1) is 6.10 Å². The van der Waals surface area contributed by atoms with Crippen molar-refractivity contribution in [2.24, 2.45) is 40.4 Å². The third-order valence-corrected chi connectivity index (χ3v) is 9.13. The lowest BCUT2D eigenvalue weighted by Crippen LogP contribution is -2.53. The third kappa shape index (κ3) is 2.08. The van der Waals surface area contributed by atoms with Gasteiger partial charge in [-0.15, -0.1) is 0 Å². The average Bonchev–Trinajstić information content (AvgIpc) is 2.86. The molecule has 134 valence electrons. The van der Waals surface area contributed by atoms with Crippen molar-refractivity contribution >= 4 is 5.78 Å². The van der Waals surface area contributed by atoms with E-state index in [1.54, 1.807) is 5.57 Å². The van der Waals surface area contributed by atoms with Crippen molar-refractivity contribution < 1.29 is 9.90 Å². The summed E-state index contributed by atoms with van der Waals surface area (Å²) in [6.45, 7) is 9.09. The van der Waals surface area contributed by atoms with E-state index in [0.717, 1.165) is 37.0 Å². The first-order chi connectivity index (χ1) is 11.3. The Kier molecular flexibility index (Phi) is 3.81. The van der Waals surface area contributed by atoms with E-state index < -0.39 is 0 Å². The molecule has 0 aliphatic heterocycles. The monoisotopic (exact) mass is 330 g/mol. The Morgan fingerprint density at radius 1 is 1.21 bits per heavy atom. The van der Waals surface area contributed by atoms with Gasteiger partial charge < -0.3 is 5.11 Å². The fraction of sp³-hybridized carbons (Fsp3) is 0.864. The first-order valence-electron chi connectivity index (χ1n) is 10.2. The molecule has 0 amide bonds. The number of hydrogen-bond donors (Lipinski definition) is 1. The summed E-state index contributed by atoms with van der Waals surface area (Å²) < 4.78 is 0. The van der Waals surface area contributed by atoms with Crippen molar-refractivity contribution in [3.05, 3.63) is 11.6 Å². The second-order valence-electron chi connectivity index (χ2n) is 9.90. The van der Waals surface area contributed by atoms with Crippen LogP contribution in [0.1, 0.15) is 72.6 Å². The molecule has 0 aromatic rings. The van der Waals surface area contributed by atoms with Crippen molar-refractivity contribution in [1.82, 2.24) is 0 Å². The fourth-order valence-electron chi connectivity index (χ4n) is 7.74. The number of ketones is 1. The Balaban J connectivity index is 1.69. The molecule has 0 heterocycles. The van der Waals surface area contributed by atoms with Gasteiger partial charge in [-0.3, -0.25) is 4.79 Å². The minimum Gasteiger partial charge on any atom is -0.393 e. The summed E-state index contributed by atoms with van der Waals surface area (Å²) in [5.41, 5.74) is 2.06. The SMILES string of the molecule is CC(=O)[C@H]1CCC2C3CC=C4C[C@@H](O)CC(C)[C@]4(C)C3CC[C@@]21C. The molecule has 2 nitrogen and oxygen atoms in total. The summed E-state index contributed by atoms with van der Waals surface area (Å²) in [4.78, 5) is 12.2. The Hall–Kier alpha value is -0.630. The van der Waals surface area contributed by atoms with E-state index in [-0.39, 0.29) is 16.9 Å². The molecule has 4 aliphatic carbocycles. The summed E-state index contributed by atoms with van der Waals surface area (Å²) >= 11 is 0. The van der Waals surface area contributed by atoms with E-state index in [9.17, 15) is 9.90 Å². The lowest BCUT2D eigenvalue weighted by Gasteiger charge is -2.59. The summed E-state index contributed by atoms with van der Waals surface area (Å²) in [7, 11) is 0. The molecule has 0 aromatic carbocycles. The molecule has 24 heavy (non-hydrogen) atoms. The zero-order valence-electron chi connectivity index (χ0n) is 15.8. The third-order valence-electron chi connectivity index (χ3n) is 9.13. The van der Waals surface area contributed by atoms with Crippen molar-refractivity contribution in [3.8, 4) is 0 Å². The Labute approximate surface area is 147 Å². The number of aliphatic hydroxyl groups excluding tert-OH is 1. The molecule has 0 aromatic heterocycles. The van der Waals surface area contributed by atoms with Crippen molar-refractivity contribution in [3.63, 3.8) is 0 Å². The molecule has 4 aliphatic rings. The van der Waals surface area contributed by atoms with Gasteiger partial charge in [0.2, 0.25) is 0 Å². The first-order valence-corrected chi connectivity index (χ1v) is 10.2. The molecule has 4 rings (SSSR count). The molecule has 4 unspecified atom stereocenters. The standard InChI is InChI=1S/C22H34O2/c1-13-11-16(24)12-15-5-6-17-19-8-7-18(14(2)23)21(19,3)10-9-20(17)22(13,15)4/h5,13,16-20,24H,6-12H2,1-4H3/t13?,16-,17?,18+,19?,20?,21+,22-/m0/s1. The Morgan fingerprint density at radius 2 is 1.96 bits per heavy atom. The average molecular weight is 331 g/mol. The fourth-order valence-corrected chi connectivity index (χ4v) is 7.74. The van der Waals surface area contributed by atoms with Gasteiger partial charge in [0.15, 0.2) is 0 Å². The van der Waals surface area contributed by atoms with E-state index >= 15 is 0 Å². The maximum atomic E-state index is 12.2. The van der Waals surface area contributed by atoms with E-state index in [2.05, 4.69) is 26.8 Å². The maximum Gasteiger partial charge on any atom is 0.133 e. The van der Waals surface area contributed by atoms with E-state index in [1.807, 2.05) is 6.92 Å². The molecule has 0 bridgehead atoms. The second-order valence-corrected chi connectivity index (χ2v) is 9.90. The minimum absolute atomic E-state index is 0.140. The zero-order chi connectivity index (χ0) is 17.3. The van der Waals surface area contributed by atoms with E-state index in [0.29, 0.717) is 17.6 Å². The molecular formula is C22H34O2. The number of hydrogen-bond acceptors (Lipinski definition) is 2. The van der Waals surface area contributed by atoms with Gasteiger partial charge in [-0.2, -0.15) is 0 Å². The van der Waals surface area contributed by atoms with Crippen LogP contribution < -0.4 is 0 Å². The smallest absolute Gasteiger partial charge is 0.133 e. The highest BCUT2D eigenvalue weighted by Gasteiger charge is 2.60. The van der Waals surface area contributed by atoms with Crippen LogP contribution in [-0.4, -0.2) is 17.0 Å². The highest BCUT2D eigenvalue weighted by atomic mass is 16.3. The zero-order valence-corrected chi connectivity index (χ0v) is 15.8. The van der Waals surface area contributed by atoms with Gasteiger partial charge in [0, 0.05) is 5.92 Å². The topological polar surface area (TPSA) is 37.3 Å². The van der Waals surface area contributed by atoms with Crippen LogP contribution in [0, 0.1) is 40.4 Å². The number of rotatable bonds is 1. The highest BCUT2D eigenvalue weighted by Crippen LogP contribution is 2.67. The van der Waals surface area contributed by atoms with Crippen LogP contribution in [0.3, 0.4) is 0 Å². The molecule has 3 saturated carbocycles. The van der Waals surface area contributed by atoms with Crippen LogP contribution in [0.25, 0.3) is 0 Å². The highest BCUT2D eigenvalue weighted by molar-refractivity contribution is 5.79. The largest absolute Gasteiger partial charge is 0.393 e. The van der Waals surface area contributed by atoms with Crippen LogP contribution in [-0.2, 0) is 4.79 Å². The molecule has 1 N–H and O–H groups in total. The number of fused-ring (bicyclic) bond motifs is 5. The van der Waals surface area contributed by atoms with E-state index in [1.165, 1.54) is 25.7 Å². The minimum atomic E-state index is -0.140. The van der Waals surface area contributed by atoms with Crippen molar-refractivity contribution in [2.75, 3.05) is 0 Å². The van der Waals surface area contributed by atoms with Crippen molar-refractivity contribution in [1.29, 1.82) is 0 Å². The predicted octanol–water partition coefficient (Wildman–Crippen LogP) is 4.76. The number of aliphatic hydroxyl groups is 1. The normalized spacial score (nSPS) is 53.6. The summed E-state index contributed by atoms with van der Waals surface area (Å²) in [5, 5.41) is 10.2. The molecule has 3 fully saturated rings. The Bertz CT molecular complexity index is 579. The summed E-state index contributed by atoms with van der Waals surface area (Å²) in [5.74, 6) is 3.51. The number of Topliss-reactive ketones (excluding diaryl/α,β-unsaturated/α-hetero) is 1. The van der Waals surface area contributed by atoms with Crippen LogP contribution in [0.4, 0.5) is 0 Å². The Morgan fingerprint density at radius 3 is 2.67 bits per heavy atom. The molecule has 0 radical (unpaired) electrons. The van der Waals surface area contributed by atoms with Crippen LogP contribution in [0.15, 0.2) is 11.6 Å². The number of allylic oxidation sites excluding steroid dienone is 1. The molecule has 0 saturated heterocycles. The van der Waals surface area contributed by atoms with Crippen LogP contribution >= 0.6 is 0 Å². The summed E-state index contributed by atoms with van der Waals surface area (Å²) in [6.07, 6.45) is 10.2. The predicted molar refractivity (Wildman–Crippen MR) is 96.4 cm³/mol. The quantitative estimate of drug-likeness (QED) is 0.704. The van der Waals surface area contributed by atoms with Gasteiger partial charge in [-0.25, -0.2) is 0 Å². The molecular weight excluding hydrogens is 296 g/mol. The van der Waals surface area contributed by atoms with Crippen LogP contribution in [0.5, 0.6) is 0 Å². The lowest BCUT2D eigenvalue weighted by molar-refractivity contribution is -0.128. The molecule has 8 atom stereocenters. The van der Waals surface area contributed by atoms with Gasteiger partial charge >= 0.3 is 0 Å². The molecule has 0 spiro atoms.